The highest BCUT2D eigenvalue weighted by Gasteiger charge is 2.23. The third-order valence-electron chi connectivity index (χ3n) is 11.2. The summed E-state index contributed by atoms with van der Waals surface area (Å²) in [4.78, 5) is 2.39. The van der Waals surface area contributed by atoms with Crippen LogP contribution in [0, 0.1) is 0 Å². The molecule has 0 atom stereocenters. The Balaban J connectivity index is 1.12. The van der Waals surface area contributed by atoms with Gasteiger partial charge in [-0.3, -0.25) is 0 Å². The summed E-state index contributed by atoms with van der Waals surface area (Å²) in [6.07, 6.45) is 0. The fourth-order valence-corrected chi connectivity index (χ4v) is 8.60. The van der Waals surface area contributed by atoms with E-state index >= 15 is 0 Å². The van der Waals surface area contributed by atoms with Gasteiger partial charge in [-0.2, -0.15) is 0 Å². The summed E-state index contributed by atoms with van der Waals surface area (Å²) in [5.41, 5.74) is 15.4. The van der Waals surface area contributed by atoms with Gasteiger partial charge in [-0.05, 0) is 82.4 Å². The molecule has 0 aliphatic carbocycles. The second-order valence-electron chi connectivity index (χ2n) is 14.5. The summed E-state index contributed by atoms with van der Waals surface area (Å²) in [5, 5.41) is 4.63. The summed E-state index contributed by atoms with van der Waals surface area (Å²) in [5.74, 6) is 0. The quantitative estimate of drug-likeness (QED) is 0.163. The zero-order valence-electron chi connectivity index (χ0n) is 31.1. The number of hydrogen-bond acceptors (Lipinski definition) is 2. The lowest BCUT2D eigenvalue weighted by Gasteiger charge is -2.28. The van der Waals surface area contributed by atoms with Gasteiger partial charge in [-0.25, -0.2) is 0 Å². The van der Waals surface area contributed by atoms with Crippen molar-refractivity contribution in [3.63, 3.8) is 0 Å². The number of aromatic nitrogens is 1. The lowest BCUT2D eigenvalue weighted by Crippen LogP contribution is -2.11. The maximum atomic E-state index is 6.61. The molecule has 2 aromatic heterocycles. The van der Waals surface area contributed by atoms with Crippen molar-refractivity contribution in [1.29, 1.82) is 0 Å². The van der Waals surface area contributed by atoms with E-state index in [0.717, 1.165) is 61.3 Å². The largest absolute Gasteiger partial charge is 0.454 e. The molecule has 0 amide bonds. The van der Waals surface area contributed by atoms with Crippen molar-refractivity contribution < 1.29 is 4.42 Å². The predicted molar refractivity (Wildman–Crippen MR) is 239 cm³/mol. The lowest BCUT2D eigenvalue weighted by atomic mass is 9.96. The van der Waals surface area contributed by atoms with Gasteiger partial charge in [0.15, 0.2) is 5.58 Å². The molecule has 0 saturated carbocycles. The molecule has 0 aliphatic heterocycles. The number of rotatable bonds is 7. The van der Waals surface area contributed by atoms with Gasteiger partial charge in [0.25, 0.3) is 0 Å². The van der Waals surface area contributed by atoms with Crippen LogP contribution >= 0.6 is 0 Å². The van der Waals surface area contributed by atoms with Crippen LogP contribution in [-0.2, 0) is 0 Å². The number of para-hydroxylation sites is 4. The Kier molecular flexibility index (Phi) is 7.82. The van der Waals surface area contributed by atoms with Crippen LogP contribution in [0.3, 0.4) is 0 Å². The third-order valence-corrected chi connectivity index (χ3v) is 11.2. The maximum absolute atomic E-state index is 6.61. The first-order valence-electron chi connectivity index (χ1n) is 19.4. The molecule has 0 unspecified atom stereocenters. The summed E-state index contributed by atoms with van der Waals surface area (Å²) < 4.78 is 8.99. The molecule has 0 fully saturated rings. The molecule has 0 bridgehead atoms. The highest BCUT2D eigenvalue weighted by molar-refractivity contribution is 6.18. The Labute approximate surface area is 330 Å². The molecule has 11 aromatic rings. The van der Waals surface area contributed by atoms with Crippen molar-refractivity contribution in [2.24, 2.45) is 0 Å². The molecule has 0 saturated heterocycles. The fourth-order valence-electron chi connectivity index (χ4n) is 8.60. The SMILES string of the molecule is c1ccc(-c2ccc(N(c3ccc(-c4ccccc4)cc3)c3ccccc3-c3cccc4c3c3ccccc3n4-c3cccc4c3oc3ccccc34)cc2)cc1. The highest BCUT2D eigenvalue weighted by Crippen LogP contribution is 2.46. The van der Waals surface area contributed by atoms with E-state index in [4.69, 9.17) is 4.42 Å². The fraction of sp³-hybridized carbons (Fsp3) is 0. The molecule has 11 rings (SSSR count). The normalized spacial score (nSPS) is 11.5. The van der Waals surface area contributed by atoms with Crippen LogP contribution in [0.1, 0.15) is 0 Å². The summed E-state index contributed by atoms with van der Waals surface area (Å²) in [6.45, 7) is 0. The highest BCUT2D eigenvalue weighted by atomic mass is 16.3. The topological polar surface area (TPSA) is 21.3 Å². The van der Waals surface area contributed by atoms with Crippen LogP contribution in [0.4, 0.5) is 17.1 Å². The van der Waals surface area contributed by atoms with E-state index in [1.807, 2.05) is 6.07 Å². The third kappa shape index (κ3) is 5.51. The first-order valence-corrected chi connectivity index (χ1v) is 19.4. The standard InChI is InChI=1S/C54H36N2O/c1-3-15-37(16-4-1)39-29-33-41(34-30-39)55(42-35-31-40(32-36-42)38-17-5-2-6-18-38)48-24-10-7-19-43(48)45-22-13-26-50-53(45)47-21-8-11-25-49(47)56(50)51-27-14-23-46-44-20-9-12-28-52(44)57-54(46)51/h1-36H. The molecule has 0 radical (unpaired) electrons. The van der Waals surface area contributed by atoms with E-state index in [9.17, 15) is 0 Å². The Hall–Kier alpha value is -7.62. The van der Waals surface area contributed by atoms with Gasteiger partial charge >= 0.3 is 0 Å². The minimum Gasteiger partial charge on any atom is -0.454 e. The lowest BCUT2D eigenvalue weighted by molar-refractivity contribution is 0.666. The monoisotopic (exact) mass is 728 g/mol. The van der Waals surface area contributed by atoms with Gasteiger partial charge in [-0.1, -0.05) is 164 Å². The van der Waals surface area contributed by atoms with Crippen molar-refractivity contribution in [3.05, 3.63) is 218 Å². The summed E-state index contributed by atoms with van der Waals surface area (Å²) >= 11 is 0. The molecule has 57 heavy (non-hydrogen) atoms. The van der Waals surface area contributed by atoms with Crippen LogP contribution in [-0.4, -0.2) is 4.57 Å². The van der Waals surface area contributed by atoms with E-state index < -0.39 is 0 Å². The number of benzene rings is 9. The first kappa shape index (κ1) is 32.8. The second kappa shape index (κ2) is 13.6. The molecule has 2 heterocycles. The van der Waals surface area contributed by atoms with E-state index in [-0.39, 0.29) is 0 Å². The Bertz CT molecular complexity index is 3130. The van der Waals surface area contributed by atoms with E-state index in [1.165, 1.54) is 38.6 Å². The zero-order valence-corrected chi connectivity index (χ0v) is 31.1. The maximum Gasteiger partial charge on any atom is 0.159 e. The molecule has 3 heteroatoms. The minimum atomic E-state index is 0.885. The van der Waals surface area contributed by atoms with Gasteiger partial charge in [0.05, 0.1) is 22.4 Å². The molecular weight excluding hydrogens is 693 g/mol. The molecule has 0 N–H and O–H groups in total. The van der Waals surface area contributed by atoms with Crippen LogP contribution in [0.15, 0.2) is 223 Å². The molecule has 268 valence electrons. The van der Waals surface area contributed by atoms with Crippen molar-refractivity contribution >= 4 is 60.8 Å². The van der Waals surface area contributed by atoms with Gasteiger partial charge < -0.3 is 13.9 Å². The zero-order chi connectivity index (χ0) is 37.7. The van der Waals surface area contributed by atoms with Crippen LogP contribution in [0.2, 0.25) is 0 Å². The first-order chi connectivity index (χ1) is 28.3. The van der Waals surface area contributed by atoms with Crippen LogP contribution in [0.25, 0.3) is 82.8 Å². The van der Waals surface area contributed by atoms with E-state index in [2.05, 4.69) is 222 Å². The average Bonchev–Trinajstić information content (AvgIpc) is 3.84. The van der Waals surface area contributed by atoms with Crippen molar-refractivity contribution in [2.75, 3.05) is 4.90 Å². The number of nitrogens with zero attached hydrogens (tertiary/aromatic N) is 2. The smallest absolute Gasteiger partial charge is 0.159 e. The second-order valence-corrected chi connectivity index (χ2v) is 14.5. The van der Waals surface area contributed by atoms with Gasteiger partial charge in [0.2, 0.25) is 0 Å². The number of anilines is 3. The number of fused-ring (bicyclic) bond motifs is 6. The minimum absolute atomic E-state index is 0.885. The van der Waals surface area contributed by atoms with E-state index in [0.29, 0.717) is 0 Å². The molecule has 0 aliphatic rings. The average molecular weight is 729 g/mol. The summed E-state index contributed by atoms with van der Waals surface area (Å²) in [6, 6.07) is 78.1. The van der Waals surface area contributed by atoms with Crippen molar-refractivity contribution in [2.45, 2.75) is 0 Å². The van der Waals surface area contributed by atoms with Crippen molar-refractivity contribution in [3.8, 4) is 39.1 Å². The molecule has 3 nitrogen and oxygen atoms in total. The number of hydrogen-bond donors (Lipinski definition) is 0. The molecule has 0 spiro atoms. The Morgan fingerprint density at radius 2 is 0.860 bits per heavy atom. The van der Waals surface area contributed by atoms with Gasteiger partial charge in [0, 0.05) is 38.5 Å². The van der Waals surface area contributed by atoms with Crippen LogP contribution in [0.5, 0.6) is 0 Å². The summed E-state index contributed by atoms with van der Waals surface area (Å²) in [7, 11) is 0. The number of furan rings is 1. The Morgan fingerprint density at radius 1 is 0.351 bits per heavy atom. The van der Waals surface area contributed by atoms with Crippen molar-refractivity contribution in [1.82, 2.24) is 4.57 Å². The molecular formula is C54H36N2O. The van der Waals surface area contributed by atoms with E-state index in [1.54, 1.807) is 0 Å². The van der Waals surface area contributed by atoms with Gasteiger partial charge in [-0.15, -0.1) is 0 Å². The predicted octanol–water partition coefficient (Wildman–Crippen LogP) is 15.2. The molecule has 9 aromatic carbocycles. The van der Waals surface area contributed by atoms with Crippen LogP contribution < -0.4 is 4.90 Å². The Morgan fingerprint density at radius 3 is 1.56 bits per heavy atom. The van der Waals surface area contributed by atoms with Gasteiger partial charge in [0.1, 0.15) is 5.58 Å².